The van der Waals surface area contributed by atoms with Gasteiger partial charge in [-0.1, -0.05) is 0 Å². The summed E-state index contributed by atoms with van der Waals surface area (Å²) in [6.07, 6.45) is 3.09. The van der Waals surface area contributed by atoms with E-state index in [2.05, 4.69) is 5.32 Å². The fourth-order valence-corrected chi connectivity index (χ4v) is 5.26. The van der Waals surface area contributed by atoms with Gasteiger partial charge in [0, 0.05) is 37.5 Å². The Morgan fingerprint density at radius 2 is 2.00 bits per heavy atom. The molecule has 3 aliphatic rings. The second-order valence-electron chi connectivity index (χ2n) is 11.2. The van der Waals surface area contributed by atoms with Gasteiger partial charge in [-0.2, -0.15) is 0 Å². The molecule has 0 saturated carbocycles. The third kappa shape index (κ3) is 6.04. The van der Waals surface area contributed by atoms with Crippen molar-refractivity contribution in [1.82, 2.24) is 5.32 Å². The summed E-state index contributed by atoms with van der Waals surface area (Å²) >= 11 is 0. The van der Waals surface area contributed by atoms with Crippen LogP contribution in [-0.4, -0.2) is 62.6 Å². The van der Waals surface area contributed by atoms with Crippen molar-refractivity contribution in [1.29, 1.82) is 0 Å². The first-order valence-electron chi connectivity index (χ1n) is 13.4. The van der Waals surface area contributed by atoms with Crippen LogP contribution in [0.4, 0.5) is 20.6 Å². The monoisotopic (exact) mass is 525 g/mol. The van der Waals surface area contributed by atoms with Crippen LogP contribution >= 0.6 is 0 Å². The fourth-order valence-electron chi connectivity index (χ4n) is 5.26. The number of benzene rings is 2. The van der Waals surface area contributed by atoms with Gasteiger partial charge >= 0.3 is 6.09 Å². The molecule has 0 radical (unpaired) electrons. The molecule has 3 heterocycles. The molecule has 0 unspecified atom stereocenters. The van der Waals surface area contributed by atoms with E-state index in [0.29, 0.717) is 56.0 Å². The summed E-state index contributed by atoms with van der Waals surface area (Å²) in [6.45, 7) is 8.31. The molecule has 2 saturated heterocycles. The Labute approximate surface area is 223 Å². The molecule has 0 aromatic heterocycles. The van der Waals surface area contributed by atoms with Gasteiger partial charge in [-0.15, -0.1) is 0 Å². The molecule has 2 amide bonds. The van der Waals surface area contributed by atoms with Gasteiger partial charge in [0.25, 0.3) is 5.91 Å². The number of hydrogen-bond acceptors (Lipinski definition) is 6. The SMILES string of the molecule is CC(C)(C)OC(=O)N[C@@H]1CCN(c2ccc(N3CCc4cc(OC[C@@H]5CCCO5)ccc4C3=O)cc2F)C1. The van der Waals surface area contributed by atoms with Crippen LogP contribution in [0.5, 0.6) is 5.75 Å². The number of amides is 2. The molecule has 2 aromatic rings. The Balaban J connectivity index is 1.21. The second kappa shape index (κ2) is 10.8. The summed E-state index contributed by atoms with van der Waals surface area (Å²) in [5.41, 5.74) is 1.97. The Morgan fingerprint density at radius 3 is 2.74 bits per heavy atom. The molecule has 2 fully saturated rings. The number of alkyl carbamates (subject to hydrolysis) is 1. The lowest BCUT2D eigenvalue weighted by Gasteiger charge is -2.30. The zero-order valence-corrected chi connectivity index (χ0v) is 22.3. The smallest absolute Gasteiger partial charge is 0.407 e. The molecule has 9 heteroatoms. The lowest BCUT2D eigenvalue weighted by molar-refractivity contribution is 0.0508. The first-order chi connectivity index (χ1) is 18.2. The Kier molecular flexibility index (Phi) is 7.47. The third-order valence-electron chi connectivity index (χ3n) is 7.11. The molecule has 0 spiro atoms. The van der Waals surface area contributed by atoms with Crippen molar-refractivity contribution in [3.8, 4) is 5.75 Å². The minimum atomic E-state index is -0.572. The average molecular weight is 526 g/mol. The molecule has 0 aliphatic carbocycles. The summed E-state index contributed by atoms with van der Waals surface area (Å²) in [6, 6.07) is 10.3. The van der Waals surface area contributed by atoms with Gasteiger partial charge in [-0.25, -0.2) is 9.18 Å². The van der Waals surface area contributed by atoms with Crippen molar-refractivity contribution >= 4 is 23.4 Å². The largest absolute Gasteiger partial charge is 0.491 e. The molecule has 2 aromatic carbocycles. The molecule has 8 nitrogen and oxygen atoms in total. The maximum atomic E-state index is 15.2. The van der Waals surface area contributed by atoms with Crippen molar-refractivity contribution in [3.63, 3.8) is 0 Å². The van der Waals surface area contributed by atoms with Crippen LogP contribution < -0.4 is 19.9 Å². The Morgan fingerprint density at radius 1 is 1.16 bits per heavy atom. The number of nitrogens with one attached hydrogen (secondary N) is 1. The van der Waals surface area contributed by atoms with Crippen LogP contribution in [0.3, 0.4) is 0 Å². The minimum absolute atomic E-state index is 0.122. The van der Waals surface area contributed by atoms with E-state index in [1.807, 2.05) is 37.8 Å². The second-order valence-corrected chi connectivity index (χ2v) is 11.2. The summed E-state index contributed by atoms with van der Waals surface area (Å²) in [5.74, 6) is 0.199. The first-order valence-corrected chi connectivity index (χ1v) is 13.4. The van der Waals surface area contributed by atoms with Crippen LogP contribution in [0.25, 0.3) is 0 Å². The number of carbonyl (C=O) groups is 2. The number of fused-ring (bicyclic) bond motifs is 1. The predicted molar refractivity (Wildman–Crippen MR) is 143 cm³/mol. The Bertz CT molecular complexity index is 1190. The highest BCUT2D eigenvalue weighted by molar-refractivity contribution is 6.08. The highest BCUT2D eigenvalue weighted by atomic mass is 19.1. The molecule has 2 atom stereocenters. The van der Waals surface area contributed by atoms with Crippen LogP contribution in [0.2, 0.25) is 0 Å². The van der Waals surface area contributed by atoms with E-state index < -0.39 is 17.5 Å². The van der Waals surface area contributed by atoms with Crippen molar-refractivity contribution < 1.29 is 28.2 Å². The number of ether oxygens (including phenoxy) is 3. The third-order valence-corrected chi connectivity index (χ3v) is 7.11. The van der Waals surface area contributed by atoms with Crippen LogP contribution in [0.1, 0.15) is 56.0 Å². The van der Waals surface area contributed by atoms with Crippen LogP contribution in [0, 0.1) is 5.82 Å². The van der Waals surface area contributed by atoms with Gasteiger partial charge in [0.1, 0.15) is 23.8 Å². The topological polar surface area (TPSA) is 80.3 Å². The van der Waals surface area contributed by atoms with Crippen molar-refractivity contribution in [2.75, 3.05) is 42.6 Å². The molecule has 5 rings (SSSR count). The number of carbonyl (C=O) groups excluding carboxylic acids is 2. The van der Waals surface area contributed by atoms with Gasteiger partial charge in [-0.05, 0) is 88.4 Å². The van der Waals surface area contributed by atoms with Crippen molar-refractivity contribution in [2.24, 2.45) is 0 Å². The molecule has 3 aliphatic heterocycles. The fraction of sp³-hybridized carbons (Fsp3) is 0.517. The molecule has 1 N–H and O–H groups in total. The maximum absolute atomic E-state index is 15.2. The number of rotatable bonds is 6. The number of nitrogens with zero attached hydrogens (tertiary/aromatic N) is 2. The summed E-state index contributed by atoms with van der Waals surface area (Å²) in [7, 11) is 0. The average Bonchev–Trinajstić information content (AvgIpc) is 3.54. The summed E-state index contributed by atoms with van der Waals surface area (Å²) in [4.78, 5) is 28.9. The molecule has 204 valence electrons. The van der Waals surface area contributed by atoms with Crippen molar-refractivity contribution in [2.45, 2.75) is 64.2 Å². The van der Waals surface area contributed by atoms with E-state index in [1.165, 1.54) is 6.07 Å². The van der Waals surface area contributed by atoms with Crippen LogP contribution in [-0.2, 0) is 15.9 Å². The van der Waals surface area contributed by atoms with E-state index in [0.717, 1.165) is 30.8 Å². The summed E-state index contributed by atoms with van der Waals surface area (Å²) < 4.78 is 32.1. The molecule has 0 bridgehead atoms. The van der Waals surface area contributed by atoms with E-state index in [4.69, 9.17) is 14.2 Å². The van der Waals surface area contributed by atoms with Gasteiger partial charge in [-0.3, -0.25) is 4.79 Å². The van der Waals surface area contributed by atoms with Crippen molar-refractivity contribution in [3.05, 3.63) is 53.3 Å². The van der Waals surface area contributed by atoms with E-state index >= 15 is 4.39 Å². The van der Waals surface area contributed by atoms with Gasteiger partial charge < -0.3 is 29.3 Å². The van der Waals surface area contributed by atoms with Gasteiger partial charge in [0.05, 0.1) is 17.8 Å². The quantitative estimate of drug-likeness (QED) is 0.590. The van der Waals surface area contributed by atoms with Gasteiger partial charge in [0.15, 0.2) is 0 Å². The molecule has 38 heavy (non-hydrogen) atoms. The van der Waals surface area contributed by atoms with E-state index in [9.17, 15) is 9.59 Å². The highest BCUT2D eigenvalue weighted by Gasteiger charge is 2.30. The van der Waals surface area contributed by atoms with Gasteiger partial charge in [0.2, 0.25) is 0 Å². The number of hydrogen-bond donors (Lipinski definition) is 1. The maximum Gasteiger partial charge on any atom is 0.407 e. The standard InChI is InChI=1S/C29H36FN3O5/c1-29(2,3)38-28(35)31-20-11-12-32(17-20)26-9-6-21(16-25(26)30)33-13-10-19-15-22(7-8-24(19)27(33)34)37-18-23-5-4-14-36-23/h6-9,15-16,20,23H,4-5,10-14,17-18H2,1-3H3,(H,31,35)/t20-,23+/m1/s1. The first kappa shape index (κ1) is 26.3. The minimum Gasteiger partial charge on any atom is -0.491 e. The lowest BCUT2D eigenvalue weighted by Crippen LogP contribution is -2.40. The zero-order valence-electron chi connectivity index (χ0n) is 22.3. The normalized spacial score (nSPS) is 21.4. The van der Waals surface area contributed by atoms with Crippen LogP contribution in [0.15, 0.2) is 36.4 Å². The Hall–Kier alpha value is -3.33. The highest BCUT2D eigenvalue weighted by Crippen LogP contribution is 2.32. The number of anilines is 2. The lowest BCUT2D eigenvalue weighted by atomic mass is 9.98. The zero-order chi connectivity index (χ0) is 26.9. The molecular formula is C29H36FN3O5. The van der Waals surface area contributed by atoms with E-state index in [1.54, 1.807) is 23.1 Å². The predicted octanol–water partition coefficient (Wildman–Crippen LogP) is 4.69. The molecular weight excluding hydrogens is 489 g/mol. The summed E-state index contributed by atoms with van der Waals surface area (Å²) in [5, 5.41) is 2.87. The van der Waals surface area contributed by atoms with E-state index in [-0.39, 0.29) is 18.1 Å². The number of halogens is 1.